The molecule has 1 unspecified atom stereocenters. The van der Waals surface area contributed by atoms with Crippen molar-refractivity contribution in [3.8, 4) is 0 Å². The maximum atomic E-state index is 11.8. The second-order valence-corrected chi connectivity index (χ2v) is 4.33. The zero-order valence-electron chi connectivity index (χ0n) is 9.85. The van der Waals surface area contributed by atoms with Crippen LogP contribution in [0.3, 0.4) is 0 Å². The molecule has 2 rings (SSSR count). The summed E-state index contributed by atoms with van der Waals surface area (Å²) in [6.45, 7) is 2.48. The van der Waals surface area contributed by atoms with Gasteiger partial charge in [0.15, 0.2) is 0 Å². The number of amides is 2. The number of carbonyl (C=O) groups is 2. The lowest BCUT2D eigenvalue weighted by Crippen LogP contribution is -2.28. The predicted octanol–water partition coefficient (Wildman–Crippen LogP) is 1.09. The Kier molecular flexibility index (Phi) is 3.13. The van der Waals surface area contributed by atoms with Crippen molar-refractivity contribution < 1.29 is 9.59 Å². The standard InChI is InChI=1S/C13H16N2O2/c1-2-9-3-5-11(6-4-9)15-8-10(13(14)17)7-12(15)16/h3-6,10H,2,7-8H2,1H3,(H2,14,17). The second-order valence-electron chi connectivity index (χ2n) is 4.33. The van der Waals surface area contributed by atoms with Crippen molar-refractivity contribution in [2.75, 3.05) is 11.4 Å². The van der Waals surface area contributed by atoms with Gasteiger partial charge in [-0.05, 0) is 24.1 Å². The number of hydrogen-bond acceptors (Lipinski definition) is 2. The molecule has 1 aliphatic heterocycles. The summed E-state index contributed by atoms with van der Waals surface area (Å²) in [6.07, 6.45) is 1.20. The molecule has 0 spiro atoms. The maximum absolute atomic E-state index is 11.8. The van der Waals surface area contributed by atoms with Crippen LogP contribution in [0, 0.1) is 5.92 Å². The Morgan fingerprint density at radius 1 is 1.41 bits per heavy atom. The molecule has 2 amide bonds. The zero-order valence-corrected chi connectivity index (χ0v) is 9.85. The van der Waals surface area contributed by atoms with E-state index in [0.29, 0.717) is 6.54 Å². The molecule has 1 heterocycles. The monoisotopic (exact) mass is 232 g/mol. The summed E-state index contributed by atoms with van der Waals surface area (Å²) < 4.78 is 0. The highest BCUT2D eigenvalue weighted by Gasteiger charge is 2.33. The van der Waals surface area contributed by atoms with Gasteiger partial charge in [-0.25, -0.2) is 0 Å². The Morgan fingerprint density at radius 3 is 2.53 bits per heavy atom. The number of aryl methyl sites for hydroxylation is 1. The molecule has 0 radical (unpaired) electrons. The lowest BCUT2D eigenvalue weighted by atomic mass is 10.1. The van der Waals surface area contributed by atoms with Crippen molar-refractivity contribution in [2.45, 2.75) is 19.8 Å². The van der Waals surface area contributed by atoms with Gasteiger partial charge in [0.1, 0.15) is 0 Å². The normalized spacial score (nSPS) is 19.7. The van der Waals surface area contributed by atoms with Crippen LogP contribution in [-0.2, 0) is 16.0 Å². The van der Waals surface area contributed by atoms with Crippen LogP contribution in [-0.4, -0.2) is 18.4 Å². The minimum absolute atomic E-state index is 0.0296. The Balaban J connectivity index is 2.17. The van der Waals surface area contributed by atoms with E-state index in [1.54, 1.807) is 4.90 Å². The van der Waals surface area contributed by atoms with E-state index in [-0.39, 0.29) is 18.2 Å². The molecule has 4 nitrogen and oxygen atoms in total. The molecule has 1 aliphatic rings. The third-order valence-electron chi connectivity index (χ3n) is 3.18. The van der Waals surface area contributed by atoms with Gasteiger partial charge in [-0.3, -0.25) is 9.59 Å². The first-order valence-electron chi connectivity index (χ1n) is 5.80. The molecule has 0 saturated carbocycles. The maximum Gasteiger partial charge on any atom is 0.227 e. The van der Waals surface area contributed by atoms with Crippen LogP contribution in [0.25, 0.3) is 0 Å². The summed E-state index contributed by atoms with van der Waals surface area (Å²) >= 11 is 0. The van der Waals surface area contributed by atoms with Gasteiger partial charge < -0.3 is 10.6 Å². The van der Waals surface area contributed by atoms with Gasteiger partial charge in [0.25, 0.3) is 0 Å². The molecule has 2 N–H and O–H groups in total. The molecular formula is C13H16N2O2. The predicted molar refractivity (Wildman–Crippen MR) is 65.5 cm³/mol. The fraction of sp³-hybridized carbons (Fsp3) is 0.385. The van der Waals surface area contributed by atoms with Crippen molar-refractivity contribution in [1.29, 1.82) is 0 Å². The number of rotatable bonds is 3. The van der Waals surface area contributed by atoms with Crippen LogP contribution in [0.4, 0.5) is 5.69 Å². The lowest BCUT2D eigenvalue weighted by Gasteiger charge is -2.16. The van der Waals surface area contributed by atoms with E-state index < -0.39 is 5.91 Å². The van der Waals surface area contributed by atoms with E-state index >= 15 is 0 Å². The fourth-order valence-corrected chi connectivity index (χ4v) is 2.06. The van der Waals surface area contributed by atoms with E-state index in [4.69, 9.17) is 5.73 Å². The summed E-state index contributed by atoms with van der Waals surface area (Å²) in [6, 6.07) is 7.83. The Labute approximate surface area is 100 Å². The zero-order chi connectivity index (χ0) is 12.4. The third-order valence-corrected chi connectivity index (χ3v) is 3.18. The molecular weight excluding hydrogens is 216 g/mol. The number of hydrogen-bond donors (Lipinski definition) is 1. The SMILES string of the molecule is CCc1ccc(N2CC(C(N)=O)CC2=O)cc1. The van der Waals surface area contributed by atoms with Crippen molar-refractivity contribution in [3.05, 3.63) is 29.8 Å². The van der Waals surface area contributed by atoms with Crippen LogP contribution < -0.4 is 10.6 Å². The fourth-order valence-electron chi connectivity index (χ4n) is 2.06. The first-order valence-corrected chi connectivity index (χ1v) is 5.80. The van der Waals surface area contributed by atoms with Crippen LogP contribution in [0.5, 0.6) is 0 Å². The van der Waals surface area contributed by atoms with Gasteiger partial charge in [0.05, 0.1) is 5.92 Å². The van der Waals surface area contributed by atoms with E-state index in [2.05, 4.69) is 6.92 Å². The number of nitrogens with two attached hydrogens (primary N) is 1. The average molecular weight is 232 g/mol. The summed E-state index contributed by atoms with van der Waals surface area (Å²) in [4.78, 5) is 24.5. The highest BCUT2D eigenvalue weighted by molar-refractivity contribution is 6.00. The number of anilines is 1. The average Bonchev–Trinajstić information content (AvgIpc) is 2.72. The van der Waals surface area contributed by atoms with Gasteiger partial charge >= 0.3 is 0 Å². The summed E-state index contributed by atoms with van der Waals surface area (Å²) in [7, 11) is 0. The smallest absolute Gasteiger partial charge is 0.227 e. The van der Waals surface area contributed by atoms with E-state index in [0.717, 1.165) is 12.1 Å². The van der Waals surface area contributed by atoms with Crippen LogP contribution >= 0.6 is 0 Å². The van der Waals surface area contributed by atoms with E-state index in [1.165, 1.54) is 5.56 Å². The topological polar surface area (TPSA) is 63.4 Å². The van der Waals surface area contributed by atoms with Gasteiger partial charge in [0.2, 0.25) is 11.8 Å². The molecule has 0 bridgehead atoms. The molecule has 1 atom stereocenters. The largest absolute Gasteiger partial charge is 0.369 e. The molecule has 17 heavy (non-hydrogen) atoms. The minimum Gasteiger partial charge on any atom is -0.369 e. The number of nitrogens with zero attached hydrogens (tertiary/aromatic N) is 1. The van der Waals surface area contributed by atoms with Gasteiger partial charge in [0, 0.05) is 18.7 Å². The quantitative estimate of drug-likeness (QED) is 0.847. The highest BCUT2D eigenvalue weighted by atomic mass is 16.2. The Bertz CT molecular complexity index is 439. The first kappa shape index (κ1) is 11.6. The summed E-state index contributed by atoms with van der Waals surface area (Å²) in [5.41, 5.74) is 7.30. The third kappa shape index (κ3) is 2.30. The number of primary amides is 1. The number of carbonyl (C=O) groups excluding carboxylic acids is 2. The van der Waals surface area contributed by atoms with Gasteiger partial charge in [-0.2, -0.15) is 0 Å². The molecule has 90 valence electrons. The molecule has 4 heteroatoms. The molecule has 0 aliphatic carbocycles. The van der Waals surface area contributed by atoms with Crippen LogP contribution in [0.2, 0.25) is 0 Å². The van der Waals surface area contributed by atoms with Gasteiger partial charge in [-0.1, -0.05) is 19.1 Å². The molecule has 1 aromatic rings. The summed E-state index contributed by atoms with van der Waals surface area (Å²) in [5, 5.41) is 0. The van der Waals surface area contributed by atoms with Crippen molar-refractivity contribution >= 4 is 17.5 Å². The van der Waals surface area contributed by atoms with Crippen LogP contribution in [0.15, 0.2) is 24.3 Å². The van der Waals surface area contributed by atoms with Crippen molar-refractivity contribution in [3.63, 3.8) is 0 Å². The molecule has 1 fully saturated rings. The molecule has 0 aromatic heterocycles. The van der Waals surface area contributed by atoms with E-state index in [1.807, 2.05) is 24.3 Å². The highest BCUT2D eigenvalue weighted by Crippen LogP contribution is 2.25. The Hall–Kier alpha value is -1.84. The van der Waals surface area contributed by atoms with Crippen molar-refractivity contribution in [1.82, 2.24) is 0 Å². The molecule has 1 saturated heterocycles. The number of benzene rings is 1. The van der Waals surface area contributed by atoms with E-state index in [9.17, 15) is 9.59 Å². The minimum atomic E-state index is -0.397. The van der Waals surface area contributed by atoms with Crippen LogP contribution in [0.1, 0.15) is 18.9 Å². The van der Waals surface area contributed by atoms with Gasteiger partial charge in [-0.15, -0.1) is 0 Å². The lowest BCUT2D eigenvalue weighted by molar-refractivity contribution is -0.123. The summed E-state index contributed by atoms with van der Waals surface area (Å²) in [5.74, 6) is -0.780. The Morgan fingerprint density at radius 2 is 2.06 bits per heavy atom. The molecule has 1 aromatic carbocycles. The second kappa shape index (κ2) is 4.57. The first-order chi connectivity index (χ1) is 8.11. The van der Waals surface area contributed by atoms with Crippen molar-refractivity contribution in [2.24, 2.45) is 11.7 Å².